The molecule has 1 aromatic carbocycles. The van der Waals surface area contributed by atoms with Crippen LogP contribution in [0.3, 0.4) is 0 Å². The first-order chi connectivity index (χ1) is 10.1. The van der Waals surface area contributed by atoms with Crippen LogP contribution in [0.4, 0.5) is 10.1 Å². The standard InChI is InChI=1S/C17H22FN3/c1-4-19-10-15-11-20-13(2)9-17(15)21(3)12-14-7-5-6-8-16(14)18/h5-9,11,19H,4,10,12H2,1-3H3. The predicted octanol–water partition coefficient (Wildman–Crippen LogP) is 3.28. The maximum atomic E-state index is 13.8. The molecule has 0 radical (unpaired) electrons. The van der Waals surface area contributed by atoms with E-state index in [0.717, 1.165) is 30.0 Å². The zero-order valence-corrected chi connectivity index (χ0v) is 12.9. The van der Waals surface area contributed by atoms with Crippen molar-refractivity contribution in [1.82, 2.24) is 10.3 Å². The van der Waals surface area contributed by atoms with Crippen LogP contribution in [-0.4, -0.2) is 18.6 Å². The van der Waals surface area contributed by atoms with Crippen molar-refractivity contribution in [2.45, 2.75) is 26.9 Å². The molecule has 0 atom stereocenters. The van der Waals surface area contributed by atoms with Crippen molar-refractivity contribution in [1.29, 1.82) is 0 Å². The normalized spacial score (nSPS) is 10.7. The van der Waals surface area contributed by atoms with E-state index < -0.39 is 0 Å². The fraction of sp³-hybridized carbons (Fsp3) is 0.353. The molecule has 2 rings (SSSR count). The van der Waals surface area contributed by atoms with Crippen LogP contribution in [-0.2, 0) is 13.1 Å². The molecular formula is C17H22FN3. The first kappa shape index (κ1) is 15.4. The number of rotatable bonds is 6. The number of halogens is 1. The average molecular weight is 287 g/mol. The minimum atomic E-state index is -0.164. The molecule has 112 valence electrons. The number of benzene rings is 1. The summed E-state index contributed by atoms with van der Waals surface area (Å²) in [5.74, 6) is -0.164. The van der Waals surface area contributed by atoms with Crippen LogP contribution in [0.15, 0.2) is 36.5 Å². The highest BCUT2D eigenvalue weighted by atomic mass is 19.1. The number of aryl methyl sites for hydroxylation is 1. The summed E-state index contributed by atoms with van der Waals surface area (Å²) in [6, 6.07) is 8.95. The minimum absolute atomic E-state index is 0.164. The Bertz CT molecular complexity index is 598. The Kier molecular flexibility index (Phi) is 5.28. The van der Waals surface area contributed by atoms with Gasteiger partial charge in [0, 0.05) is 48.8 Å². The van der Waals surface area contributed by atoms with Crippen LogP contribution in [0, 0.1) is 12.7 Å². The molecular weight excluding hydrogens is 265 g/mol. The van der Waals surface area contributed by atoms with Crippen molar-refractivity contribution in [3.8, 4) is 0 Å². The molecule has 2 aromatic rings. The minimum Gasteiger partial charge on any atom is -0.370 e. The Morgan fingerprint density at radius 3 is 2.71 bits per heavy atom. The van der Waals surface area contributed by atoms with E-state index >= 15 is 0 Å². The van der Waals surface area contributed by atoms with E-state index in [2.05, 4.69) is 22.1 Å². The molecule has 1 heterocycles. The second kappa shape index (κ2) is 7.18. The van der Waals surface area contributed by atoms with Gasteiger partial charge in [0.15, 0.2) is 0 Å². The molecule has 1 aromatic heterocycles. The molecule has 0 aliphatic heterocycles. The maximum Gasteiger partial charge on any atom is 0.128 e. The Hall–Kier alpha value is -1.94. The van der Waals surface area contributed by atoms with Crippen molar-refractivity contribution in [2.24, 2.45) is 0 Å². The lowest BCUT2D eigenvalue weighted by molar-refractivity contribution is 0.607. The van der Waals surface area contributed by atoms with Gasteiger partial charge in [0.05, 0.1) is 0 Å². The molecule has 0 spiro atoms. The first-order valence-electron chi connectivity index (χ1n) is 7.22. The largest absolute Gasteiger partial charge is 0.370 e. The van der Waals surface area contributed by atoms with Gasteiger partial charge in [0.1, 0.15) is 5.82 Å². The third-order valence-electron chi connectivity index (χ3n) is 3.44. The van der Waals surface area contributed by atoms with E-state index in [-0.39, 0.29) is 5.82 Å². The molecule has 0 amide bonds. The van der Waals surface area contributed by atoms with Gasteiger partial charge in [-0.3, -0.25) is 4.98 Å². The predicted molar refractivity (Wildman–Crippen MR) is 84.9 cm³/mol. The van der Waals surface area contributed by atoms with Gasteiger partial charge in [-0.2, -0.15) is 0 Å². The van der Waals surface area contributed by atoms with Crippen LogP contribution >= 0.6 is 0 Å². The quantitative estimate of drug-likeness (QED) is 0.884. The monoisotopic (exact) mass is 287 g/mol. The van der Waals surface area contributed by atoms with Gasteiger partial charge in [0.25, 0.3) is 0 Å². The fourth-order valence-electron chi connectivity index (χ4n) is 2.29. The van der Waals surface area contributed by atoms with Crippen molar-refractivity contribution in [3.05, 3.63) is 59.2 Å². The molecule has 4 heteroatoms. The highest BCUT2D eigenvalue weighted by Crippen LogP contribution is 2.22. The number of aromatic nitrogens is 1. The van der Waals surface area contributed by atoms with Crippen LogP contribution in [0.2, 0.25) is 0 Å². The van der Waals surface area contributed by atoms with Gasteiger partial charge in [-0.15, -0.1) is 0 Å². The summed E-state index contributed by atoms with van der Waals surface area (Å²) in [4.78, 5) is 6.43. The summed E-state index contributed by atoms with van der Waals surface area (Å²) in [6.45, 7) is 6.25. The number of hydrogen-bond acceptors (Lipinski definition) is 3. The first-order valence-corrected chi connectivity index (χ1v) is 7.22. The molecule has 0 unspecified atom stereocenters. The van der Waals surface area contributed by atoms with E-state index in [1.807, 2.05) is 38.4 Å². The van der Waals surface area contributed by atoms with Crippen LogP contribution in [0.5, 0.6) is 0 Å². The summed E-state index contributed by atoms with van der Waals surface area (Å²) < 4.78 is 13.8. The zero-order valence-electron chi connectivity index (χ0n) is 12.9. The molecule has 0 fully saturated rings. The Morgan fingerprint density at radius 1 is 1.24 bits per heavy atom. The molecule has 21 heavy (non-hydrogen) atoms. The Morgan fingerprint density at radius 2 is 2.00 bits per heavy atom. The van der Waals surface area contributed by atoms with Crippen LogP contribution < -0.4 is 10.2 Å². The van der Waals surface area contributed by atoms with Gasteiger partial charge >= 0.3 is 0 Å². The van der Waals surface area contributed by atoms with E-state index in [1.165, 1.54) is 6.07 Å². The van der Waals surface area contributed by atoms with Crippen molar-refractivity contribution < 1.29 is 4.39 Å². The van der Waals surface area contributed by atoms with Gasteiger partial charge in [-0.25, -0.2) is 4.39 Å². The maximum absolute atomic E-state index is 13.8. The molecule has 0 saturated heterocycles. The van der Waals surface area contributed by atoms with E-state index in [9.17, 15) is 4.39 Å². The van der Waals surface area contributed by atoms with Gasteiger partial charge < -0.3 is 10.2 Å². The lowest BCUT2D eigenvalue weighted by Crippen LogP contribution is -2.21. The Balaban J connectivity index is 2.23. The van der Waals surface area contributed by atoms with Crippen molar-refractivity contribution in [3.63, 3.8) is 0 Å². The second-order valence-electron chi connectivity index (χ2n) is 5.18. The third kappa shape index (κ3) is 4.02. The Labute approximate surface area is 125 Å². The van der Waals surface area contributed by atoms with Gasteiger partial charge in [0.2, 0.25) is 0 Å². The summed E-state index contributed by atoms with van der Waals surface area (Å²) in [5.41, 5.74) is 3.88. The summed E-state index contributed by atoms with van der Waals surface area (Å²) in [5, 5.41) is 3.31. The number of anilines is 1. The zero-order chi connectivity index (χ0) is 15.2. The van der Waals surface area contributed by atoms with Gasteiger partial charge in [-0.1, -0.05) is 25.1 Å². The average Bonchev–Trinajstić information content (AvgIpc) is 2.48. The molecule has 3 nitrogen and oxygen atoms in total. The lowest BCUT2D eigenvalue weighted by Gasteiger charge is -2.23. The highest BCUT2D eigenvalue weighted by Gasteiger charge is 2.11. The van der Waals surface area contributed by atoms with E-state index in [4.69, 9.17) is 0 Å². The van der Waals surface area contributed by atoms with Crippen molar-refractivity contribution >= 4 is 5.69 Å². The van der Waals surface area contributed by atoms with Gasteiger partial charge in [-0.05, 0) is 25.6 Å². The third-order valence-corrected chi connectivity index (χ3v) is 3.44. The SMILES string of the molecule is CCNCc1cnc(C)cc1N(C)Cc1ccccc1F. The molecule has 0 aliphatic rings. The topological polar surface area (TPSA) is 28.2 Å². The lowest BCUT2D eigenvalue weighted by atomic mass is 10.1. The molecule has 0 aliphatic carbocycles. The van der Waals surface area contributed by atoms with E-state index in [1.54, 1.807) is 6.07 Å². The highest BCUT2D eigenvalue weighted by molar-refractivity contribution is 5.53. The molecule has 0 saturated carbocycles. The number of nitrogens with zero attached hydrogens (tertiary/aromatic N) is 2. The molecule has 0 bridgehead atoms. The molecule has 1 N–H and O–H groups in total. The number of hydrogen-bond donors (Lipinski definition) is 1. The number of pyridine rings is 1. The van der Waals surface area contributed by atoms with E-state index in [0.29, 0.717) is 12.1 Å². The van der Waals surface area contributed by atoms with Crippen molar-refractivity contribution in [2.75, 3.05) is 18.5 Å². The summed E-state index contributed by atoms with van der Waals surface area (Å²) in [7, 11) is 1.98. The summed E-state index contributed by atoms with van der Waals surface area (Å²) in [6.07, 6.45) is 1.89. The second-order valence-corrected chi connectivity index (χ2v) is 5.18. The number of nitrogens with one attached hydrogen (secondary N) is 1. The van der Waals surface area contributed by atoms with Crippen LogP contribution in [0.25, 0.3) is 0 Å². The fourth-order valence-corrected chi connectivity index (χ4v) is 2.29. The summed E-state index contributed by atoms with van der Waals surface area (Å²) >= 11 is 0. The smallest absolute Gasteiger partial charge is 0.128 e. The van der Waals surface area contributed by atoms with Crippen LogP contribution in [0.1, 0.15) is 23.7 Å².